The number of piperidine rings is 1. The highest BCUT2D eigenvalue weighted by Gasteiger charge is 2.44. The molecule has 0 bridgehead atoms. The first-order chi connectivity index (χ1) is 18.5. The molecule has 214 valence electrons. The van der Waals surface area contributed by atoms with Gasteiger partial charge in [-0.05, 0) is 60.9 Å². The lowest BCUT2D eigenvalue weighted by Crippen LogP contribution is -2.52. The summed E-state index contributed by atoms with van der Waals surface area (Å²) in [5.74, 6) is -0.342. The van der Waals surface area contributed by atoms with E-state index in [9.17, 15) is 28.2 Å². The number of β-amino-alcohol motifs (C(OH)–C–C–N with tert-alkyl or cyclic N) is 1. The molecule has 2 heterocycles. The molecule has 0 radical (unpaired) electrons. The second-order valence-corrected chi connectivity index (χ2v) is 10.7. The average molecular weight is 550 g/mol. The number of hydrogen-bond donors (Lipinski definition) is 3. The lowest BCUT2D eigenvalue weighted by Gasteiger charge is -2.44. The maximum atomic E-state index is 13.5. The van der Waals surface area contributed by atoms with Crippen molar-refractivity contribution in [2.75, 3.05) is 39.9 Å². The van der Waals surface area contributed by atoms with Crippen LogP contribution in [0.1, 0.15) is 43.2 Å². The number of rotatable bonds is 8. The Morgan fingerprint density at radius 3 is 2.54 bits per heavy atom. The molecule has 4 unspecified atom stereocenters. The van der Waals surface area contributed by atoms with Crippen molar-refractivity contribution in [3.05, 3.63) is 59.7 Å². The number of carbonyl (C=O) groups excluding carboxylic acids is 1. The maximum absolute atomic E-state index is 13.5. The number of alkyl halides is 3. The van der Waals surface area contributed by atoms with Crippen molar-refractivity contribution in [2.24, 2.45) is 11.7 Å². The SMILES string of the molecule is COCCCCC(O)(c1ccccc1-c1cccc(C(F)(F)F)c1)C1CCCN(C(=O)N2CC(N)C(O)C2)C1. The van der Waals surface area contributed by atoms with Gasteiger partial charge in [-0.25, -0.2) is 4.79 Å². The van der Waals surface area contributed by atoms with Crippen molar-refractivity contribution in [1.82, 2.24) is 9.80 Å². The molecule has 2 aromatic carbocycles. The fourth-order valence-electron chi connectivity index (χ4n) is 5.88. The molecule has 4 atom stereocenters. The van der Waals surface area contributed by atoms with Gasteiger partial charge in [0, 0.05) is 51.9 Å². The number of amides is 2. The van der Waals surface area contributed by atoms with Gasteiger partial charge >= 0.3 is 12.2 Å². The first-order valence-electron chi connectivity index (χ1n) is 13.5. The van der Waals surface area contributed by atoms with Crippen LogP contribution in [0.3, 0.4) is 0 Å². The Bertz CT molecular complexity index is 1120. The zero-order valence-electron chi connectivity index (χ0n) is 22.2. The van der Waals surface area contributed by atoms with Crippen molar-refractivity contribution in [3.63, 3.8) is 0 Å². The van der Waals surface area contributed by atoms with Crippen LogP contribution in [0.5, 0.6) is 0 Å². The number of urea groups is 1. The Hall–Kier alpha value is -2.66. The fourth-order valence-corrected chi connectivity index (χ4v) is 5.88. The van der Waals surface area contributed by atoms with Crippen LogP contribution < -0.4 is 5.73 Å². The molecule has 39 heavy (non-hydrogen) atoms. The van der Waals surface area contributed by atoms with Crippen LogP contribution in [0.15, 0.2) is 48.5 Å². The van der Waals surface area contributed by atoms with Gasteiger partial charge < -0.3 is 30.5 Å². The van der Waals surface area contributed by atoms with Gasteiger partial charge in [-0.2, -0.15) is 13.2 Å². The second-order valence-electron chi connectivity index (χ2n) is 10.7. The van der Waals surface area contributed by atoms with Crippen LogP contribution in [0.2, 0.25) is 0 Å². The third-order valence-corrected chi connectivity index (χ3v) is 8.02. The first kappa shape index (κ1) is 29.3. The van der Waals surface area contributed by atoms with Crippen LogP contribution in [0.4, 0.5) is 18.0 Å². The average Bonchev–Trinajstić information content (AvgIpc) is 3.28. The van der Waals surface area contributed by atoms with Crippen LogP contribution in [0, 0.1) is 5.92 Å². The molecule has 2 aromatic rings. The summed E-state index contributed by atoms with van der Waals surface area (Å²) in [6.07, 6.45) is -2.22. The van der Waals surface area contributed by atoms with Gasteiger partial charge in [0.15, 0.2) is 0 Å². The quantitative estimate of drug-likeness (QED) is 0.429. The van der Waals surface area contributed by atoms with E-state index in [0.29, 0.717) is 68.5 Å². The highest BCUT2D eigenvalue weighted by Crippen LogP contribution is 2.44. The molecular formula is C29H38F3N3O4. The Labute approximate surface area is 227 Å². The van der Waals surface area contributed by atoms with Crippen LogP contribution >= 0.6 is 0 Å². The van der Waals surface area contributed by atoms with Gasteiger partial charge in [0.25, 0.3) is 0 Å². The number of nitrogens with zero attached hydrogens (tertiary/aromatic N) is 2. The van der Waals surface area contributed by atoms with Gasteiger partial charge in [0.2, 0.25) is 0 Å². The van der Waals surface area contributed by atoms with Gasteiger partial charge in [0.05, 0.1) is 17.3 Å². The highest BCUT2D eigenvalue weighted by molar-refractivity contribution is 5.75. The Morgan fingerprint density at radius 2 is 1.85 bits per heavy atom. The third-order valence-electron chi connectivity index (χ3n) is 8.02. The Balaban J connectivity index is 1.67. The maximum Gasteiger partial charge on any atom is 0.416 e. The minimum atomic E-state index is -4.49. The molecule has 2 fully saturated rings. The molecule has 2 amide bonds. The molecule has 2 saturated heterocycles. The summed E-state index contributed by atoms with van der Waals surface area (Å²) >= 11 is 0. The zero-order valence-corrected chi connectivity index (χ0v) is 22.2. The normalized spacial score (nSPS) is 23.6. The largest absolute Gasteiger partial charge is 0.416 e. The molecular weight excluding hydrogens is 511 g/mol. The Kier molecular flexibility index (Phi) is 9.21. The van der Waals surface area contributed by atoms with Crippen LogP contribution in [-0.2, 0) is 16.5 Å². The molecule has 2 aliphatic rings. The molecule has 0 saturated carbocycles. The van der Waals surface area contributed by atoms with E-state index < -0.39 is 29.5 Å². The van der Waals surface area contributed by atoms with Crippen molar-refractivity contribution in [3.8, 4) is 11.1 Å². The van der Waals surface area contributed by atoms with E-state index in [1.165, 1.54) is 6.07 Å². The predicted molar refractivity (Wildman–Crippen MR) is 142 cm³/mol. The molecule has 0 spiro atoms. The summed E-state index contributed by atoms with van der Waals surface area (Å²) < 4.78 is 45.7. The third kappa shape index (κ3) is 6.57. The summed E-state index contributed by atoms with van der Waals surface area (Å²) in [5.41, 5.74) is 5.24. The smallest absolute Gasteiger partial charge is 0.390 e. The van der Waals surface area contributed by atoms with Crippen molar-refractivity contribution < 1.29 is 32.9 Å². The number of hydrogen-bond acceptors (Lipinski definition) is 5. The predicted octanol–water partition coefficient (Wildman–Crippen LogP) is 4.21. The lowest BCUT2D eigenvalue weighted by molar-refractivity contribution is -0.137. The minimum absolute atomic E-state index is 0.167. The van der Waals surface area contributed by atoms with E-state index >= 15 is 0 Å². The summed E-state index contributed by atoms with van der Waals surface area (Å²) in [6.45, 7) is 1.77. The molecule has 4 N–H and O–H groups in total. The van der Waals surface area contributed by atoms with Crippen LogP contribution in [-0.4, -0.2) is 78.1 Å². The number of ether oxygens (including phenoxy) is 1. The number of halogens is 3. The molecule has 0 aliphatic carbocycles. The van der Waals surface area contributed by atoms with E-state index in [1.807, 2.05) is 0 Å². The molecule has 7 nitrogen and oxygen atoms in total. The summed E-state index contributed by atoms with van der Waals surface area (Å²) in [4.78, 5) is 16.5. The van der Waals surface area contributed by atoms with Crippen molar-refractivity contribution in [2.45, 2.75) is 56.0 Å². The van der Waals surface area contributed by atoms with Gasteiger partial charge in [-0.15, -0.1) is 0 Å². The molecule has 0 aromatic heterocycles. The van der Waals surface area contributed by atoms with E-state index in [1.54, 1.807) is 47.2 Å². The van der Waals surface area contributed by atoms with E-state index in [2.05, 4.69) is 0 Å². The number of methoxy groups -OCH3 is 1. The molecule has 4 rings (SSSR count). The van der Waals surface area contributed by atoms with E-state index in [4.69, 9.17) is 10.5 Å². The number of carbonyl (C=O) groups is 1. The standard InChI is InChI=1S/C29H38F3N3O4/c1-39-15-5-4-13-28(38,22-10-7-14-34(17-22)27(37)35-18-25(33)26(36)19-35)24-12-3-2-11-23(24)20-8-6-9-21(16-20)29(30,31)32/h2-3,6,8-9,11-12,16,22,25-26,36,38H,4-5,7,10,13-15,17-19,33H2,1H3. The van der Waals surface area contributed by atoms with E-state index in [-0.39, 0.29) is 25.0 Å². The molecule has 2 aliphatic heterocycles. The van der Waals surface area contributed by atoms with Crippen molar-refractivity contribution >= 4 is 6.03 Å². The lowest BCUT2D eigenvalue weighted by atomic mass is 9.72. The second kappa shape index (κ2) is 12.2. The monoisotopic (exact) mass is 549 g/mol. The minimum Gasteiger partial charge on any atom is -0.390 e. The summed E-state index contributed by atoms with van der Waals surface area (Å²) in [5, 5.41) is 22.5. The topological polar surface area (TPSA) is 99.3 Å². The van der Waals surface area contributed by atoms with Crippen molar-refractivity contribution in [1.29, 1.82) is 0 Å². The number of benzene rings is 2. The fraction of sp³-hybridized carbons (Fsp3) is 0.552. The highest BCUT2D eigenvalue weighted by atomic mass is 19.4. The number of aliphatic hydroxyl groups is 2. The summed E-state index contributed by atoms with van der Waals surface area (Å²) in [6, 6.07) is 11.5. The molecule has 10 heteroatoms. The number of unbranched alkanes of at least 4 members (excludes halogenated alkanes) is 1. The van der Waals surface area contributed by atoms with Gasteiger partial charge in [0.1, 0.15) is 0 Å². The number of likely N-dealkylation sites (tertiary alicyclic amines) is 2. The first-order valence-corrected chi connectivity index (χ1v) is 13.5. The van der Waals surface area contributed by atoms with Gasteiger partial charge in [-0.3, -0.25) is 0 Å². The number of nitrogens with two attached hydrogens (primary N) is 1. The number of aliphatic hydroxyl groups excluding tert-OH is 1. The van der Waals surface area contributed by atoms with E-state index in [0.717, 1.165) is 12.1 Å². The Morgan fingerprint density at radius 1 is 1.08 bits per heavy atom. The van der Waals surface area contributed by atoms with Gasteiger partial charge in [-0.1, -0.05) is 36.4 Å². The zero-order chi connectivity index (χ0) is 28.2. The summed E-state index contributed by atoms with van der Waals surface area (Å²) in [7, 11) is 1.61. The van der Waals surface area contributed by atoms with Crippen LogP contribution in [0.25, 0.3) is 11.1 Å².